The molecule has 0 saturated carbocycles. The van der Waals surface area contributed by atoms with Crippen LogP contribution in [0.25, 0.3) is 147 Å². The van der Waals surface area contributed by atoms with Crippen LogP contribution in [-0.4, -0.2) is 24.1 Å². The van der Waals surface area contributed by atoms with Gasteiger partial charge in [0.15, 0.2) is 17.5 Å². The Labute approximate surface area is 462 Å². The van der Waals surface area contributed by atoms with Crippen LogP contribution in [0.2, 0.25) is 0 Å². The van der Waals surface area contributed by atoms with Gasteiger partial charge in [0.25, 0.3) is 0 Å². The van der Waals surface area contributed by atoms with Crippen molar-refractivity contribution in [2.45, 2.75) is 13.3 Å². The first-order chi connectivity index (χ1) is 38.9. The van der Waals surface area contributed by atoms with Gasteiger partial charge in [-0.2, -0.15) is 5.26 Å². The third-order valence-electron chi connectivity index (χ3n) is 16.0. The smallest absolute Gasteiger partial charge is 0.164 e. The maximum atomic E-state index is 10.7. The Morgan fingerprint density at radius 1 is 0.418 bits per heavy atom. The summed E-state index contributed by atoms with van der Waals surface area (Å²) in [6, 6.07) is 83.3. The number of thiophene rings is 2. The molecule has 15 aromatic rings. The molecular weight excluding hydrogens is 1000 g/mol. The van der Waals surface area contributed by atoms with E-state index >= 15 is 0 Å². The number of allylic oxidation sites excluding steroid dienone is 1. The van der Waals surface area contributed by atoms with Crippen LogP contribution in [0, 0.1) is 16.7 Å². The number of aromatic nitrogens is 5. The molecule has 1 aliphatic rings. The Morgan fingerprint density at radius 3 is 1.43 bits per heavy atom. The monoisotopic (exact) mass is 1040 g/mol. The summed E-state index contributed by atoms with van der Waals surface area (Å²) in [6.07, 6.45) is 4.84. The fraction of sp³-hybridized carbons (Fsp3) is 0.0423. The van der Waals surface area contributed by atoms with Crippen molar-refractivity contribution >= 4 is 102 Å². The zero-order valence-corrected chi connectivity index (χ0v) is 44.4. The minimum Gasteiger partial charge on any atom is -0.309 e. The van der Waals surface area contributed by atoms with E-state index in [0.717, 1.165) is 83.5 Å². The summed E-state index contributed by atoms with van der Waals surface area (Å²) in [4.78, 5) is 16.3. The summed E-state index contributed by atoms with van der Waals surface area (Å²) in [7, 11) is 0. The molecule has 6 nitrogen and oxygen atoms in total. The van der Waals surface area contributed by atoms with E-state index in [1.807, 2.05) is 6.92 Å². The summed E-state index contributed by atoms with van der Waals surface area (Å²) < 4.78 is 9.70. The predicted octanol–water partition coefficient (Wildman–Crippen LogP) is 19.1. The molecule has 0 saturated heterocycles. The predicted molar refractivity (Wildman–Crippen MR) is 330 cm³/mol. The van der Waals surface area contributed by atoms with Crippen LogP contribution in [0.15, 0.2) is 231 Å². The molecule has 1 aliphatic carbocycles. The lowest BCUT2D eigenvalue weighted by Crippen LogP contribution is -2.18. The second-order valence-electron chi connectivity index (χ2n) is 20.9. The molecule has 5 aromatic heterocycles. The number of hydrogen-bond donors (Lipinski definition) is 0. The third kappa shape index (κ3) is 7.24. The standard InChI is InChI=1S/C71H44N6S2/c1-71(42-72)35-34-62-58(41-71)57-40-48(76-59-24-12-8-20-49(59)50-21-9-13-25-60(50)76)30-33-61(57)77(62)67-55(43-16-4-2-5-17-43)36-47(37-56(67)44-18-6-3-7-19-44)70-74-68(45-28-31-53-51-22-10-14-26-63(51)78-65(53)38-45)73-69(75-70)46-29-32-54-52-23-11-15-27-64(52)79-66(54)39-46/h2-40H,41H2,1H3. The van der Waals surface area contributed by atoms with Crippen molar-refractivity contribution in [2.75, 3.05) is 0 Å². The molecule has 5 heterocycles. The molecule has 0 amide bonds. The van der Waals surface area contributed by atoms with Crippen LogP contribution >= 0.6 is 22.7 Å². The van der Waals surface area contributed by atoms with E-state index in [0.29, 0.717) is 23.9 Å². The molecule has 79 heavy (non-hydrogen) atoms. The van der Waals surface area contributed by atoms with Crippen LogP contribution in [0.1, 0.15) is 18.2 Å². The van der Waals surface area contributed by atoms with Gasteiger partial charge in [0.2, 0.25) is 0 Å². The number of benzene rings is 10. The van der Waals surface area contributed by atoms with E-state index in [1.54, 1.807) is 22.7 Å². The average Bonchev–Trinajstić information content (AvgIpc) is 4.48. The first-order valence-electron chi connectivity index (χ1n) is 26.6. The largest absolute Gasteiger partial charge is 0.309 e. The quantitative estimate of drug-likeness (QED) is 0.159. The zero-order chi connectivity index (χ0) is 52.3. The molecule has 1 unspecified atom stereocenters. The first kappa shape index (κ1) is 45.4. The second kappa shape index (κ2) is 17.6. The highest BCUT2D eigenvalue weighted by Gasteiger charge is 2.32. The van der Waals surface area contributed by atoms with Crippen LogP contribution in [0.3, 0.4) is 0 Å². The molecule has 0 fully saturated rings. The van der Waals surface area contributed by atoms with Crippen molar-refractivity contribution < 1.29 is 0 Å². The topological polar surface area (TPSA) is 72.3 Å². The summed E-state index contributed by atoms with van der Waals surface area (Å²) in [5.74, 6) is 1.80. The number of nitriles is 1. The number of hydrogen-bond acceptors (Lipinski definition) is 6. The van der Waals surface area contributed by atoms with Crippen LogP contribution in [0.4, 0.5) is 0 Å². The fourth-order valence-corrected chi connectivity index (χ4v) is 14.5. The highest BCUT2D eigenvalue weighted by atomic mass is 32.1. The van der Waals surface area contributed by atoms with E-state index in [-0.39, 0.29) is 0 Å². The van der Waals surface area contributed by atoms with Gasteiger partial charge in [0.05, 0.1) is 33.7 Å². The summed E-state index contributed by atoms with van der Waals surface area (Å²) >= 11 is 3.58. The third-order valence-corrected chi connectivity index (χ3v) is 18.3. The van der Waals surface area contributed by atoms with Gasteiger partial charge in [-0.15, -0.1) is 22.7 Å². The first-order valence-corrected chi connectivity index (χ1v) is 28.2. The molecule has 370 valence electrons. The van der Waals surface area contributed by atoms with Crippen LogP contribution in [-0.2, 0) is 6.42 Å². The summed E-state index contributed by atoms with van der Waals surface area (Å²) in [5.41, 5.74) is 13.8. The molecule has 16 rings (SSSR count). The van der Waals surface area contributed by atoms with Crippen LogP contribution < -0.4 is 0 Å². The van der Waals surface area contributed by atoms with Gasteiger partial charge in [-0.3, -0.25) is 0 Å². The Kier molecular flexibility index (Phi) is 10.1. The lowest BCUT2D eigenvalue weighted by molar-refractivity contribution is 0.562. The minimum absolute atomic E-state index is 0.561. The van der Waals surface area contributed by atoms with Crippen molar-refractivity contribution in [3.8, 4) is 73.9 Å². The van der Waals surface area contributed by atoms with Gasteiger partial charge in [-0.1, -0.05) is 164 Å². The number of fused-ring (bicyclic) bond motifs is 12. The van der Waals surface area contributed by atoms with Crippen molar-refractivity contribution in [3.05, 3.63) is 242 Å². The number of para-hydroxylation sites is 2. The lowest BCUT2D eigenvalue weighted by Gasteiger charge is -2.25. The normalized spacial score (nSPS) is 14.3. The van der Waals surface area contributed by atoms with E-state index in [4.69, 9.17) is 15.0 Å². The molecule has 0 aliphatic heterocycles. The highest BCUT2D eigenvalue weighted by molar-refractivity contribution is 7.26. The Bertz CT molecular complexity index is 4840. The summed E-state index contributed by atoms with van der Waals surface area (Å²) in [5, 5.41) is 19.2. The number of nitrogens with zero attached hydrogens (tertiary/aromatic N) is 6. The Morgan fingerprint density at radius 2 is 0.886 bits per heavy atom. The maximum absolute atomic E-state index is 10.7. The van der Waals surface area contributed by atoms with Crippen molar-refractivity contribution in [1.29, 1.82) is 5.26 Å². The zero-order valence-electron chi connectivity index (χ0n) is 42.7. The molecule has 1 atom stereocenters. The molecule has 0 radical (unpaired) electrons. The average molecular weight is 1050 g/mol. The van der Waals surface area contributed by atoms with Gasteiger partial charge in [-0.25, -0.2) is 15.0 Å². The Balaban J connectivity index is 0.964. The van der Waals surface area contributed by atoms with Gasteiger partial charge >= 0.3 is 0 Å². The van der Waals surface area contributed by atoms with E-state index in [1.165, 1.54) is 51.1 Å². The molecule has 10 aromatic carbocycles. The van der Waals surface area contributed by atoms with Gasteiger partial charge in [-0.05, 0) is 103 Å². The second-order valence-corrected chi connectivity index (χ2v) is 23.1. The van der Waals surface area contributed by atoms with Crippen molar-refractivity contribution in [1.82, 2.24) is 24.1 Å². The van der Waals surface area contributed by atoms with Gasteiger partial charge in [0, 0.05) is 95.7 Å². The molecular formula is C71H44N6S2. The highest BCUT2D eigenvalue weighted by Crippen LogP contribution is 2.47. The van der Waals surface area contributed by atoms with E-state index in [9.17, 15) is 5.26 Å². The van der Waals surface area contributed by atoms with E-state index < -0.39 is 5.41 Å². The SMILES string of the molecule is CC1(C#N)C=Cc2c(c3cc(-n4c5ccccc5c5ccccc54)ccc3n2-c2c(-c3ccccc3)cc(-c3nc(-c4ccc5c(c4)sc4ccccc45)nc(-c4ccc5c(c4)sc4ccccc45)n3)cc2-c2ccccc2)C1. The van der Waals surface area contributed by atoms with E-state index in [2.05, 4.69) is 252 Å². The van der Waals surface area contributed by atoms with Gasteiger partial charge < -0.3 is 9.13 Å². The minimum atomic E-state index is -0.694. The molecule has 0 bridgehead atoms. The summed E-state index contributed by atoms with van der Waals surface area (Å²) in [6.45, 7) is 2.05. The number of rotatable bonds is 7. The molecule has 0 N–H and O–H groups in total. The van der Waals surface area contributed by atoms with Crippen molar-refractivity contribution in [3.63, 3.8) is 0 Å². The molecule has 0 spiro atoms. The van der Waals surface area contributed by atoms with Gasteiger partial charge in [0.1, 0.15) is 0 Å². The lowest BCUT2D eigenvalue weighted by atomic mass is 9.80. The fourth-order valence-electron chi connectivity index (χ4n) is 12.2. The Hall–Kier alpha value is -9.78. The molecule has 8 heteroatoms. The van der Waals surface area contributed by atoms with Crippen molar-refractivity contribution in [2.24, 2.45) is 5.41 Å². The van der Waals surface area contributed by atoms with Crippen LogP contribution in [0.5, 0.6) is 0 Å². The maximum Gasteiger partial charge on any atom is 0.164 e.